The van der Waals surface area contributed by atoms with E-state index in [9.17, 15) is 4.79 Å². The third-order valence-electron chi connectivity index (χ3n) is 4.22. The molecule has 2 aromatic heterocycles. The molecule has 3 rings (SSSR count). The number of amides is 1. The van der Waals surface area contributed by atoms with Crippen LogP contribution < -0.4 is 5.32 Å². The number of nitrogens with one attached hydrogen (secondary N) is 1. The van der Waals surface area contributed by atoms with E-state index in [0.717, 1.165) is 27.8 Å². The van der Waals surface area contributed by atoms with Crippen LogP contribution in [0.3, 0.4) is 0 Å². The van der Waals surface area contributed by atoms with Crippen molar-refractivity contribution in [3.8, 4) is 0 Å². The molecule has 5 heteroatoms. The maximum Gasteiger partial charge on any atom is 0.287 e. The normalized spacial score (nSPS) is 12.6. The zero-order valence-corrected chi connectivity index (χ0v) is 14.1. The lowest BCUT2D eigenvalue weighted by Gasteiger charge is -2.11. The first-order valence-electron chi connectivity index (χ1n) is 7.67. The Morgan fingerprint density at radius 2 is 1.91 bits per heavy atom. The quantitative estimate of drug-likeness (QED) is 0.804. The van der Waals surface area contributed by atoms with E-state index in [4.69, 9.17) is 4.42 Å². The van der Waals surface area contributed by atoms with Gasteiger partial charge in [-0.15, -0.1) is 0 Å². The van der Waals surface area contributed by atoms with Gasteiger partial charge >= 0.3 is 0 Å². The number of nitrogens with zero attached hydrogens (tertiary/aromatic N) is 2. The maximum atomic E-state index is 12.5. The van der Waals surface area contributed by atoms with E-state index in [1.54, 1.807) is 10.7 Å². The highest BCUT2D eigenvalue weighted by atomic mass is 16.3. The fraction of sp³-hybridized carbons (Fsp3) is 0.333. The zero-order chi connectivity index (χ0) is 16.7. The fourth-order valence-electron chi connectivity index (χ4n) is 2.80. The summed E-state index contributed by atoms with van der Waals surface area (Å²) in [6.45, 7) is 7.96. The Morgan fingerprint density at radius 3 is 2.57 bits per heavy atom. The summed E-state index contributed by atoms with van der Waals surface area (Å²) >= 11 is 0. The Kier molecular flexibility index (Phi) is 3.72. The third-order valence-corrected chi connectivity index (χ3v) is 4.22. The van der Waals surface area contributed by atoms with Crippen molar-refractivity contribution in [1.29, 1.82) is 0 Å². The van der Waals surface area contributed by atoms with E-state index >= 15 is 0 Å². The molecule has 0 aliphatic heterocycles. The number of aromatic nitrogens is 2. The summed E-state index contributed by atoms with van der Waals surface area (Å²) in [4.78, 5) is 12.5. The van der Waals surface area contributed by atoms with Crippen LogP contribution in [0.5, 0.6) is 0 Å². The van der Waals surface area contributed by atoms with Crippen LogP contribution in [-0.4, -0.2) is 15.7 Å². The van der Waals surface area contributed by atoms with Gasteiger partial charge in [0, 0.05) is 24.2 Å². The molecule has 0 radical (unpaired) electrons. The number of aryl methyl sites for hydroxylation is 4. The molecule has 0 saturated heterocycles. The standard InChI is InChI=1S/C18H21N3O2/c1-10-6-14-8-17(23-16(14)7-11(10)2)18(22)19-12(3)15-9-21(5)20-13(15)4/h6-9,12H,1-5H3,(H,19,22)/t12-/m0/s1. The first-order chi connectivity index (χ1) is 10.8. The largest absolute Gasteiger partial charge is 0.451 e. The van der Waals surface area contributed by atoms with Gasteiger partial charge in [-0.1, -0.05) is 0 Å². The summed E-state index contributed by atoms with van der Waals surface area (Å²) < 4.78 is 7.46. The summed E-state index contributed by atoms with van der Waals surface area (Å²) in [6.07, 6.45) is 1.92. The highest BCUT2D eigenvalue weighted by Gasteiger charge is 2.18. The van der Waals surface area contributed by atoms with Gasteiger partial charge in [0.25, 0.3) is 5.91 Å². The van der Waals surface area contributed by atoms with Crippen LogP contribution in [0.2, 0.25) is 0 Å². The van der Waals surface area contributed by atoms with Crippen LogP contribution in [0.4, 0.5) is 0 Å². The molecule has 0 unspecified atom stereocenters. The average Bonchev–Trinajstić information content (AvgIpc) is 3.02. The van der Waals surface area contributed by atoms with Gasteiger partial charge in [-0.25, -0.2) is 0 Å². The van der Waals surface area contributed by atoms with Gasteiger partial charge in [0.05, 0.1) is 11.7 Å². The molecule has 0 bridgehead atoms. The van der Waals surface area contributed by atoms with Crippen molar-refractivity contribution in [3.05, 3.63) is 52.5 Å². The highest BCUT2D eigenvalue weighted by Crippen LogP contribution is 2.24. The van der Waals surface area contributed by atoms with Crippen molar-refractivity contribution >= 4 is 16.9 Å². The van der Waals surface area contributed by atoms with Crippen molar-refractivity contribution in [2.45, 2.75) is 33.7 Å². The lowest BCUT2D eigenvalue weighted by Crippen LogP contribution is -2.26. The average molecular weight is 311 g/mol. The molecule has 23 heavy (non-hydrogen) atoms. The molecule has 1 atom stereocenters. The van der Waals surface area contributed by atoms with Gasteiger partial charge in [0.2, 0.25) is 0 Å². The van der Waals surface area contributed by atoms with Crippen molar-refractivity contribution < 1.29 is 9.21 Å². The molecule has 0 spiro atoms. The number of hydrogen-bond donors (Lipinski definition) is 1. The minimum atomic E-state index is -0.216. The number of carbonyl (C=O) groups excluding carboxylic acids is 1. The Hall–Kier alpha value is -2.56. The van der Waals surface area contributed by atoms with Gasteiger partial charge in [-0.05, 0) is 57.0 Å². The molecule has 0 aliphatic carbocycles. The Bertz CT molecular complexity index is 850. The van der Waals surface area contributed by atoms with E-state index in [2.05, 4.69) is 17.3 Å². The summed E-state index contributed by atoms with van der Waals surface area (Å²) in [5.74, 6) is 0.116. The molecule has 3 aromatic rings. The smallest absolute Gasteiger partial charge is 0.287 e. The van der Waals surface area contributed by atoms with Gasteiger partial charge in [-0.3, -0.25) is 9.48 Å². The second-order valence-electron chi connectivity index (χ2n) is 6.12. The lowest BCUT2D eigenvalue weighted by molar-refractivity contribution is 0.0914. The van der Waals surface area contributed by atoms with Crippen LogP contribution in [0.25, 0.3) is 11.0 Å². The molecule has 1 N–H and O–H groups in total. The monoisotopic (exact) mass is 311 g/mol. The summed E-state index contributed by atoms with van der Waals surface area (Å²) in [7, 11) is 1.87. The molecule has 0 fully saturated rings. The third kappa shape index (κ3) is 2.86. The number of rotatable bonds is 3. The second-order valence-corrected chi connectivity index (χ2v) is 6.12. The van der Waals surface area contributed by atoms with Gasteiger partial charge in [0.1, 0.15) is 5.58 Å². The van der Waals surface area contributed by atoms with Crippen LogP contribution in [0, 0.1) is 20.8 Å². The molecule has 120 valence electrons. The van der Waals surface area contributed by atoms with Gasteiger partial charge in [0.15, 0.2) is 5.76 Å². The molecule has 0 saturated carbocycles. The first kappa shape index (κ1) is 15.3. The molecular formula is C18H21N3O2. The van der Waals surface area contributed by atoms with Crippen molar-refractivity contribution in [3.63, 3.8) is 0 Å². The number of fused-ring (bicyclic) bond motifs is 1. The predicted octanol–water partition coefficient (Wildman–Crippen LogP) is 3.58. The number of furan rings is 1. The topological polar surface area (TPSA) is 60.1 Å². The van der Waals surface area contributed by atoms with Crippen LogP contribution >= 0.6 is 0 Å². The fourth-order valence-corrected chi connectivity index (χ4v) is 2.80. The van der Waals surface area contributed by atoms with Crippen LogP contribution in [-0.2, 0) is 7.05 Å². The molecule has 1 amide bonds. The Morgan fingerprint density at radius 1 is 1.22 bits per heavy atom. The molecule has 0 aliphatic rings. The van der Waals surface area contributed by atoms with E-state index in [0.29, 0.717) is 5.76 Å². The van der Waals surface area contributed by atoms with E-state index in [1.807, 2.05) is 46.1 Å². The predicted molar refractivity (Wildman–Crippen MR) is 89.5 cm³/mol. The minimum absolute atomic E-state index is 0.132. The number of benzene rings is 1. The molecular weight excluding hydrogens is 290 g/mol. The van der Waals surface area contributed by atoms with Crippen LogP contribution in [0.1, 0.15) is 45.9 Å². The molecule has 1 aromatic carbocycles. The highest BCUT2D eigenvalue weighted by molar-refractivity contribution is 5.96. The Balaban J connectivity index is 1.84. The maximum absolute atomic E-state index is 12.5. The Labute approximate surface area is 135 Å². The lowest BCUT2D eigenvalue weighted by atomic mass is 10.1. The summed E-state index contributed by atoms with van der Waals surface area (Å²) in [5.41, 5.74) is 4.99. The van der Waals surface area contributed by atoms with Crippen molar-refractivity contribution in [1.82, 2.24) is 15.1 Å². The number of hydrogen-bond acceptors (Lipinski definition) is 3. The van der Waals surface area contributed by atoms with E-state index < -0.39 is 0 Å². The van der Waals surface area contributed by atoms with Gasteiger partial charge < -0.3 is 9.73 Å². The SMILES string of the molecule is Cc1cc2cc(C(=O)N[C@@H](C)c3cn(C)nc3C)oc2cc1C. The molecule has 5 nitrogen and oxygen atoms in total. The van der Waals surface area contributed by atoms with Crippen LogP contribution in [0.15, 0.2) is 28.8 Å². The number of carbonyl (C=O) groups is 1. The van der Waals surface area contributed by atoms with Gasteiger partial charge in [-0.2, -0.15) is 5.10 Å². The minimum Gasteiger partial charge on any atom is -0.451 e. The molecule has 2 heterocycles. The van der Waals surface area contributed by atoms with E-state index in [1.165, 1.54) is 5.56 Å². The van der Waals surface area contributed by atoms with Crippen molar-refractivity contribution in [2.24, 2.45) is 7.05 Å². The second kappa shape index (κ2) is 5.57. The first-order valence-corrected chi connectivity index (χ1v) is 7.67. The van der Waals surface area contributed by atoms with E-state index in [-0.39, 0.29) is 11.9 Å². The van der Waals surface area contributed by atoms with Crippen molar-refractivity contribution in [2.75, 3.05) is 0 Å². The summed E-state index contributed by atoms with van der Waals surface area (Å²) in [6, 6.07) is 5.67. The zero-order valence-electron chi connectivity index (χ0n) is 14.1. The summed E-state index contributed by atoms with van der Waals surface area (Å²) in [5, 5.41) is 8.23.